The Morgan fingerprint density at radius 2 is 1.55 bits per heavy atom. The van der Waals surface area contributed by atoms with E-state index >= 15 is 0 Å². The number of benzene rings is 3. The zero-order chi connectivity index (χ0) is 21.6. The summed E-state index contributed by atoms with van der Waals surface area (Å²) in [7, 11) is -9.98. The van der Waals surface area contributed by atoms with Gasteiger partial charge < -0.3 is 14.2 Å². The first-order valence-electron chi connectivity index (χ1n) is 7.46. The average molecular weight is 613 g/mol. The molecule has 1 N–H and O–H groups in total. The molecule has 0 heterocycles. The maximum atomic E-state index is 11.7. The number of hydrogen-bond acceptors (Lipinski definition) is 9. The van der Waals surface area contributed by atoms with E-state index < -0.39 is 41.5 Å². The van der Waals surface area contributed by atoms with E-state index in [0.717, 1.165) is 27.8 Å². The molecule has 3 rings (SSSR count). The summed E-state index contributed by atoms with van der Waals surface area (Å²) in [6, 6.07) is 8.44. The molecule has 0 aliphatic carbocycles. The minimum atomic E-state index is -5.14. The molecule has 152 valence electrons. The second-order valence-corrected chi connectivity index (χ2v) is 10.0. The third-order valence-electron chi connectivity index (χ3n) is 3.75. The third kappa shape index (κ3) is 6.83. The standard InChI is InChI=1S/C16H10ClIN2O7S2.2Na/c17-12-7-9(18)1-4-13(12)19-20-15-14(29(25,26)27)6-8-5-10(28(22,23)24)2-3-11(8)16(15)21;;/h1-7,21H,(H,22,23,24)(H,25,26,27);;/q;2*+1/p-2. The van der Waals surface area contributed by atoms with E-state index in [1.807, 2.05) is 22.6 Å². The molecule has 0 unspecified atom stereocenters. The number of hydrogen-bond donors (Lipinski definition) is 1. The molecule has 15 heteroatoms. The number of halogens is 2. The number of fused-ring (bicyclic) bond motifs is 1. The number of phenolic OH excluding ortho intramolecular Hbond substituents is 1. The zero-order valence-electron chi connectivity index (χ0n) is 15.9. The molecule has 0 bridgehead atoms. The van der Waals surface area contributed by atoms with Crippen LogP contribution in [0, 0.1) is 3.57 Å². The van der Waals surface area contributed by atoms with E-state index in [2.05, 4.69) is 10.2 Å². The molecule has 3 aromatic carbocycles. The summed E-state index contributed by atoms with van der Waals surface area (Å²) in [6.45, 7) is 0. The van der Waals surface area contributed by atoms with Crippen molar-refractivity contribution < 1.29 is 90.2 Å². The molecule has 0 radical (unpaired) electrons. The molecule has 0 amide bonds. The van der Waals surface area contributed by atoms with Crippen molar-refractivity contribution in [2.45, 2.75) is 9.79 Å². The Morgan fingerprint density at radius 3 is 2.10 bits per heavy atom. The topological polar surface area (TPSA) is 159 Å². The fourth-order valence-corrected chi connectivity index (χ4v) is 4.48. The minimum absolute atomic E-state index is 0. The predicted octanol–water partition coefficient (Wildman–Crippen LogP) is -1.96. The predicted molar refractivity (Wildman–Crippen MR) is 110 cm³/mol. The number of phenols is 1. The van der Waals surface area contributed by atoms with Crippen molar-refractivity contribution in [3.05, 3.63) is 51.1 Å². The molecule has 0 atom stereocenters. The van der Waals surface area contributed by atoms with Crippen LogP contribution >= 0.6 is 34.2 Å². The monoisotopic (exact) mass is 612 g/mol. The summed E-state index contributed by atoms with van der Waals surface area (Å²) in [4.78, 5) is -1.59. The van der Waals surface area contributed by atoms with Gasteiger partial charge in [0.2, 0.25) is 0 Å². The summed E-state index contributed by atoms with van der Waals surface area (Å²) in [5.41, 5.74) is -0.478. The van der Waals surface area contributed by atoms with Gasteiger partial charge in [0, 0.05) is 8.96 Å². The molecular formula is C16H8ClIN2Na2O7S2. The first kappa shape index (κ1) is 29.2. The summed E-state index contributed by atoms with van der Waals surface area (Å²) < 4.78 is 69.4. The van der Waals surface area contributed by atoms with Gasteiger partial charge in [-0.3, -0.25) is 0 Å². The fraction of sp³-hybridized carbons (Fsp3) is 0. The van der Waals surface area contributed by atoms with E-state index in [-0.39, 0.29) is 80.6 Å². The minimum Gasteiger partial charge on any atom is -0.744 e. The molecule has 0 aliphatic rings. The first-order chi connectivity index (χ1) is 13.4. The van der Waals surface area contributed by atoms with Crippen LogP contribution in [0.5, 0.6) is 5.75 Å². The Balaban J connectivity index is 0.00000240. The molecule has 0 aliphatic heterocycles. The van der Waals surface area contributed by atoms with Gasteiger partial charge in [0.1, 0.15) is 31.6 Å². The van der Waals surface area contributed by atoms with E-state index in [9.17, 15) is 31.0 Å². The number of azo groups is 1. The third-order valence-corrected chi connectivity index (χ3v) is 6.40. The maximum Gasteiger partial charge on any atom is 1.00 e. The van der Waals surface area contributed by atoms with E-state index in [1.54, 1.807) is 12.1 Å². The van der Waals surface area contributed by atoms with Gasteiger partial charge in [0.05, 0.1) is 14.8 Å². The second-order valence-electron chi connectivity index (χ2n) is 5.66. The van der Waals surface area contributed by atoms with Crippen molar-refractivity contribution in [2.75, 3.05) is 0 Å². The zero-order valence-corrected chi connectivity index (χ0v) is 24.5. The van der Waals surface area contributed by atoms with Gasteiger partial charge in [-0.05, 0) is 70.4 Å². The molecule has 0 saturated carbocycles. The van der Waals surface area contributed by atoms with Crippen molar-refractivity contribution in [3.63, 3.8) is 0 Å². The summed E-state index contributed by atoms with van der Waals surface area (Å²) in [5.74, 6) is -0.725. The van der Waals surface area contributed by atoms with Gasteiger partial charge in [0.25, 0.3) is 0 Å². The Morgan fingerprint density at radius 1 is 0.903 bits per heavy atom. The quantitative estimate of drug-likeness (QED) is 0.155. The molecule has 9 nitrogen and oxygen atoms in total. The van der Waals surface area contributed by atoms with Crippen molar-refractivity contribution in [3.8, 4) is 5.75 Å². The van der Waals surface area contributed by atoms with E-state index in [1.165, 1.54) is 6.07 Å². The van der Waals surface area contributed by atoms with E-state index in [4.69, 9.17) is 11.6 Å². The van der Waals surface area contributed by atoms with E-state index in [0.29, 0.717) is 0 Å². The van der Waals surface area contributed by atoms with Crippen LogP contribution in [-0.2, 0) is 20.2 Å². The van der Waals surface area contributed by atoms with Crippen LogP contribution in [-0.4, -0.2) is 31.0 Å². The molecule has 0 saturated heterocycles. The largest absolute Gasteiger partial charge is 1.00 e. The SMILES string of the molecule is O=S(=O)([O-])c1ccc2c(O)c(N=Nc3ccc(I)cc3Cl)c(S(=O)(=O)[O-])cc2c1.[Na+].[Na+]. The maximum absolute atomic E-state index is 11.7. The van der Waals surface area contributed by atoms with Crippen LogP contribution in [0.1, 0.15) is 0 Å². The van der Waals surface area contributed by atoms with Gasteiger partial charge in [-0.25, -0.2) is 16.8 Å². The molecule has 0 fully saturated rings. The Labute approximate surface area is 240 Å². The fourth-order valence-electron chi connectivity index (χ4n) is 2.44. The number of nitrogens with zero attached hydrogens (tertiary/aromatic N) is 2. The average Bonchev–Trinajstić information content (AvgIpc) is 2.60. The van der Waals surface area contributed by atoms with Gasteiger partial charge in [-0.15, -0.1) is 10.2 Å². The van der Waals surface area contributed by atoms with Crippen molar-refractivity contribution in [1.29, 1.82) is 0 Å². The Bertz CT molecular complexity index is 1400. The van der Waals surface area contributed by atoms with Crippen LogP contribution in [0.4, 0.5) is 11.4 Å². The normalized spacial score (nSPS) is 11.9. The van der Waals surface area contributed by atoms with Gasteiger partial charge in [-0.2, -0.15) is 0 Å². The van der Waals surface area contributed by atoms with Crippen LogP contribution < -0.4 is 59.1 Å². The number of aromatic hydroxyl groups is 1. The van der Waals surface area contributed by atoms with Crippen LogP contribution in [0.3, 0.4) is 0 Å². The Hall–Kier alpha value is 0.160. The summed E-state index contributed by atoms with van der Waals surface area (Å²) >= 11 is 8.05. The molecule has 0 spiro atoms. The second kappa shape index (κ2) is 11.1. The first-order valence-corrected chi connectivity index (χ1v) is 11.7. The van der Waals surface area contributed by atoms with Crippen LogP contribution in [0.15, 0.2) is 62.5 Å². The summed E-state index contributed by atoms with van der Waals surface area (Å²) in [6.07, 6.45) is 0. The molecule has 31 heavy (non-hydrogen) atoms. The molecular weight excluding hydrogens is 605 g/mol. The van der Waals surface area contributed by atoms with Gasteiger partial charge in [-0.1, -0.05) is 11.6 Å². The van der Waals surface area contributed by atoms with Gasteiger partial charge in [0.15, 0.2) is 5.75 Å². The van der Waals surface area contributed by atoms with Crippen LogP contribution in [0.2, 0.25) is 5.02 Å². The molecule has 3 aromatic rings. The molecule has 0 aromatic heterocycles. The van der Waals surface area contributed by atoms with Crippen molar-refractivity contribution >= 4 is 76.6 Å². The Kier molecular flexibility index (Phi) is 10.4. The van der Waals surface area contributed by atoms with Gasteiger partial charge >= 0.3 is 59.1 Å². The number of rotatable bonds is 4. The van der Waals surface area contributed by atoms with Crippen LogP contribution in [0.25, 0.3) is 10.8 Å². The smallest absolute Gasteiger partial charge is 0.744 e. The van der Waals surface area contributed by atoms with Crippen molar-refractivity contribution in [1.82, 2.24) is 0 Å². The van der Waals surface area contributed by atoms with Crippen molar-refractivity contribution in [2.24, 2.45) is 10.2 Å². The summed E-state index contributed by atoms with van der Waals surface area (Å²) in [5, 5.41) is 18.0.